The Bertz CT molecular complexity index is 702. The zero-order valence-corrected chi connectivity index (χ0v) is 14.6. The highest BCUT2D eigenvalue weighted by atomic mass is 16.5. The van der Waals surface area contributed by atoms with E-state index in [4.69, 9.17) is 9.47 Å². The van der Waals surface area contributed by atoms with Gasteiger partial charge in [-0.2, -0.15) is 0 Å². The Kier molecular flexibility index (Phi) is 6.19. The molecule has 1 amide bonds. The molecule has 0 radical (unpaired) electrons. The van der Waals surface area contributed by atoms with Gasteiger partial charge in [-0.05, 0) is 38.1 Å². The normalized spacial score (nSPS) is 10.9. The number of rotatable bonds is 8. The molecule has 1 heterocycles. The first kappa shape index (κ1) is 18.5. The standard InChI is InChI=1S/C18H23N3O4/c1-18(2,12-22)21-16-9-8-13(10-19-16)20-17(23)11-25-15-7-5-4-6-14(15)24-3/h4-10,22H,11-12H2,1-3H3,(H,19,21)(H,20,23). The van der Waals surface area contributed by atoms with Gasteiger partial charge in [-0.15, -0.1) is 0 Å². The minimum atomic E-state index is -0.472. The van der Waals surface area contributed by atoms with Crippen molar-refractivity contribution in [3.05, 3.63) is 42.6 Å². The summed E-state index contributed by atoms with van der Waals surface area (Å²) in [5.41, 5.74) is 0.0846. The number of hydrogen-bond donors (Lipinski definition) is 3. The summed E-state index contributed by atoms with van der Waals surface area (Å²) in [5, 5.41) is 15.1. The Morgan fingerprint density at radius 2 is 1.92 bits per heavy atom. The van der Waals surface area contributed by atoms with Crippen LogP contribution in [0.25, 0.3) is 0 Å². The van der Waals surface area contributed by atoms with E-state index in [1.54, 1.807) is 37.4 Å². The zero-order chi connectivity index (χ0) is 18.3. The molecule has 3 N–H and O–H groups in total. The molecule has 0 saturated heterocycles. The van der Waals surface area contributed by atoms with Crippen LogP contribution in [-0.4, -0.2) is 41.9 Å². The second-order valence-electron chi connectivity index (χ2n) is 6.09. The molecule has 7 nitrogen and oxygen atoms in total. The van der Waals surface area contributed by atoms with Crippen LogP contribution in [0.3, 0.4) is 0 Å². The number of para-hydroxylation sites is 2. The minimum absolute atomic E-state index is 0.0204. The number of aromatic nitrogens is 1. The Morgan fingerprint density at radius 3 is 2.52 bits per heavy atom. The number of carbonyl (C=O) groups excluding carboxylic acids is 1. The van der Waals surface area contributed by atoms with Gasteiger partial charge in [0.25, 0.3) is 5.91 Å². The molecule has 25 heavy (non-hydrogen) atoms. The molecule has 2 aromatic rings. The predicted molar refractivity (Wildman–Crippen MR) is 96.1 cm³/mol. The molecule has 1 aromatic carbocycles. The van der Waals surface area contributed by atoms with E-state index in [9.17, 15) is 9.90 Å². The van der Waals surface area contributed by atoms with E-state index in [0.29, 0.717) is 23.0 Å². The average Bonchev–Trinajstić information content (AvgIpc) is 2.61. The molecule has 0 fully saturated rings. The maximum absolute atomic E-state index is 12.0. The Labute approximate surface area is 147 Å². The minimum Gasteiger partial charge on any atom is -0.493 e. The molecule has 0 atom stereocenters. The van der Waals surface area contributed by atoms with E-state index >= 15 is 0 Å². The number of carbonyl (C=O) groups is 1. The highest BCUT2D eigenvalue weighted by molar-refractivity contribution is 5.91. The lowest BCUT2D eigenvalue weighted by molar-refractivity contribution is -0.118. The number of ether oxygens (including phenoxy) is 2. The van der Waals surface area contributed by atoms with Crippen molar-refractivity contribution in [2.24, 2.45) is 0 Å². The van der Waals surface area contributed by atoms with Gasteiger partial charge in [-0.3, -0.25) is 4.79 Å². The lowest BCUT2D eigenvalue weighted by Crippen LogP contribution is -2.35. The highest BCUT2D eigenvalue weighted by Gasteiger charge is 2.16. The van der Waals surface area contributed by atoms with Crippen molar-refractivity contribution in [2.75, 3.05) is 31.0 Å². The summed E-state index contributed by atoms with van der Waals surface area (Å²) in [6.07, 6.45) is 1.54. The fourth-order valence-corrected chi connectivity index (χ4v) is 2.01. The van der Waals surface area contributed by atoms with E-state index in [1.165, 1.54) is 6.20 Å². The van der Waals surface area contributed by atoms with E-state index < -0.39 is 5.54 Å². The van der Waals surface area contributed by atoms with Gasteiger partial charge in [0.1, 0.15) is 5.82 Å². The van der Waals surface area contributed by atoms with Crippen molar-refractivity contribution in [3.8, 4) is 11.5 Å². The monoisotopic (exact) mass is 345 g/mol. The maximum atomic E-state index is 12.0. The second kappa shape index (κ2) is 8.34. The van der Waals surface area contributed by atoms with Crippen molar-refractivity contribution in [1.29, 1.82) is 0 Å². The van der Waals surface area contributed by atoms with E-state index in [-0.39, 0.29) is 19.1 Å². The van der Waals surface area contributed by atoms with Crippen molar-refractivity contribution in [2.45, 2.75) is 19.4 Å². The van der Waals surface area contributed by atoms with Gasteiger partial charge < -0.3 is 25.2 Å². The molecule has 2 rings (SSSR count). The van der Waals surface area contributed by atoms with Crippen molar-refractivity contribution in [3.63, 3.8) is 0 Å². The van der Waals surface area contributed by atoms with E-state index in [0.717, 1.165) is 0 Å². The quantitative estimate of drug-likeness (QED) is 0.680. The van der Waals surface area contributed by atoms with E-state index in [2.05, 4.69) is 15.6 Å². The number of pyridine rings is 1. The Morgan fingerprint density at radius 1 is 1.20 bits per heavy atom. The van der Waals surface area contributed by atoms with Gasteiger partial charge in [0, 0.05) is 0 Å². The number of amides is 1. The van der Waals surface area contributed by atoms with Gasteiger partial charge in [0.05, 0.1) is 31.1 Å². The Balaban J connectivity index is 1.88. The number of methoxy groups -OCH3 is 1. The summed E-state index contributed by atoms with van der Waals surface area (Å²) in [4.78, 5) is 16.2. The number of anilines is 2. The first-order chi connectivity index (χ1) is 11.9. The first-order valence-electron chi connectivity index (χ1n) is 7.84. The van der Waals surface area contributed by atoms with E-state index in [1.807, 2.05) is 19.9 Å². The van der Waals surface area contributed by atoms with Crippen LogP contribution >= 0.6 is 0 Å². The molecule has 0 unspecified atom stereocenters. The third-order valence-electron chi connectivity index (χ3n) is 3.34. The largest absolute Gasteiger partial charge is 0.493 e. The molecule has 0 aliphatic rings. The fraction of sp³-hybridized carbons (Fsp3) is 0.333. The van der Waals surface area contributed by atoms with Crippen LogP contribution in [-0.2, 0) is 4.79 Å². The smallest absolute Gasteiger partial charge is 0.262 e. The van der Waals surface area contributed by atoms with Crippen molar-refractivity contribution >= 4 is 17.4 Å². The van der Waals surface area contributed by atoms with Gasteiger partial charge in [0.2, 0.25) is 0 Å². The molecule has 0 aliphatic heterocycles. The SMILES string of the molecule is COc1ccccc1OCC(=O)Nc1ccc(NC(C)(C)CO)nc1. The summed E-state index contributed by atoms with van der Waals surface area (Å²) in [6, 6.07) is 10.6. The summed E-state index contributed by atoms with van der Waals surface area (Å²) >= 11 is 0. The number of nitrogens with one attached hydrogen (secondary N) is 2. The predicted octanol–water partition coefficient (Wildman–Crippen LogP) is 2.29. The highest BCUT2D eigenvalue weighted by Crippen LogP contribution is 2.25. The molecule has 7 heteroatoms. The fourth-order valence-electron chi connectivity index (χ4n) is 2.01. The van der Waals surface area contributed by atoms with Crippen molar-refractivity contribution < 1.29 is 19.4 Å². The van der Waals surface area contributed by atoms with Crippen LogP contribution in [0, 0.1) is 0 Å². The van der Waals surface area contributed by atoms with Gasteiger partial charge in [-0.25, -0.2) is 4.98 Å². The van der Waals surface area contributed by atoms with Crippen molar-refractivity contribution in [1.82, 2.24) is 4.98 Å². The molecule has 0 aliphatic carbocycles. The van der Waals surface area contributed by atoms with Crippen LogP contribution in [0.1, 0.15) is 13.8 Å². The van der Waals surface area contributed by atoms with Crippen LogP contribution < -0.4 is 20.1 Å². The van der Waals surface area contributed by atoms with Gasteiger partial charge in [0.15, 0.2) is 18.1 Å². The first-order valence-corrected chi connectivity index (χ1v) is 7.84. The van der Waals surface area contributed by atoms with Crippen LogP contribution in [0.2, 0.25) is 0 Å². The number of benzene rings is 1. The number of aliphatic hydroxyl groups is 1. The molecule has 0 spiro atoms. The molecule has 0 bridgehead atoms. The summed E-state index contributed by atoms with van der Waals surface area (Å²) in [6.45, 7) is 3.56. The summed E-state index contributed by atoms with van der Waals surface area (Å²) in [7, 11) is 1.54. The number of nitrogens with zero attached hydrogens (tertiary/aromatic N) is 1. The number of hydrogen-bond acceptors (Lipinski definition) is 6. The molecule has 1 aromatic heterocycles. The average molecular weight is 345 g/mol. The van der Waals surface area contributed by atoms with Crippen LogP contribution in [0.4, 0.5) is 11.5 Å². The van der Waals surface area contributed by atoms with Crippen LogP contribution in [0.15, 0.2) is 42.6 Å². The molecular weight excluding hydrogens is 322 g/mol. The second-order valence-corrected chi connectivity index (χ2v) is 6.09. The van der Waals surface area contributed by atoms with Gasteiger partial charge >= 0.3 is 0 Å². The molecular formula is C18H23N3O4. The summed E-state index contributed by atoms with van der Waals surface area (Å²) in [5.74, 6) is 1.38. The lowest BCUT2D eigenvalue weighted by Gasteiger charge is -2.24. The zero-order valence-electron chi connectivity index (χ0n) is 14.6. The third-order valence-corrected chi connectivity index (χ3v) is 3.34. The Hall–Kier alpha value is -2.80. The third kappa shape index (κ3) is 5.65. The maximum Gasteiger partial charge on any atom is 0.262 e. The van der Waals surface area contributed by atoms with Crippen LogP contribution in [0.5, 0.6) is 11.5 Å². The topological polar surface area (TPSA) is 92.7 Å². The lowest BCUT2D eigenvalue weighted by atomic mass is 10.1. The molecule has 0 saturated carbocycles. The number of aliphatic hydroxyl groups excluding tert-OH is 1. The summed E-state index contributed by atoms with van der Waals surface area (Å²) < 4.78 is 10.6. The molecule has 134 valence electrons. The van der Waals surface area contributed by atoms with Gasteiger partial charge in [-0.1, -0.05) is 12.1 Å².